The highest BCUT2D eigenvalue weighted by molar-refractivity contribution is 5.89. The summed E-state index contributed by atoms with van der Waals surface area (Å²) in [6.45, 7) is -1.61. The lowest BCUT2D eigenvalue weighted by atomic mass is 9.97. The van der Waals surface area contributed by atoms with Gasteiger partial charge in [-0.15, -0.1) is 0 Å². The van der Waals surface area contributed by atoms with E-state index in [-0.39, 0.29) is 44.9 Å². The molecule has 2 aliphatic heterocycles. The zero-order valence-corrected chi connectivity index (χ0v) is 25.8. The van der Waals surface area contributed by atoms with E-state index in [1.54, 1.807) is 0 Å². The van der Waals surface area contributed by atoms with Crippen LogP contribution < -0.4 is 25.5 Å². The average molecular weight is 709 g/mol. The van der Waals surface area contributed by atoms with Crippen LogP contribution in [-0.4, -0.2) is 128 Å². The number of aliphatic hydroxyl groups is 7. The van der Waals surface area contributed by atoms with Crippen molar-refractivity contribution in [3.63, 3.8) is 0 Å². The van der Waals surface area contributed by atoms with Crippen molar-refractivity contribution in [2.24, 2.45) is 0 Å². The molecule has 0 spiro atoms. The van der Waals surface area contributed by atoms with Gasteiger partial charge in [0.05, 0.1) is 31.1 Å². The molecule has 0 amide bonds. The number of ether oxygens (including phenoxy) is 6. The molecule has 50 heavy (non-hydrogen) atoms. The Labute approximate surface area is 278 Å². The Hall–Kier alpha value is -4.54. The van der Waals surface area contributed by atoms with E-state index in [0.29, 0.717) is 0 Å². The van der Waals surface area contributed by atoms with Crippen molar-refractivity contribution >= 4 is 21.9 Å². The summed E-state index contributed by atoms with van der Waals surface area (Å²) < 4.78 is 44.0. The molecule has 2 aliphatic rings. The van der Waals surface area contributed by atoms with Crippen molar-refractivity contribution in [1.82, 2.24) is 0 Å². The van der Waals surface area contributed by atoms with Crippen molar-refractivity contribution in [1.29, 1.82) is 0 Å². The standard InChI is InChI=1S/C31H32O19/c1-43-17-6-12-16(7-13(17)34)46-29(42)27(21(12)36)44-10-4-14-11(2-3-20(35)45-14)15(5-10)47-31-28(25(40)23(38)19(9-33)49-31)50-30-26(41)24(39)22(37)18(8-32)48-30/h2-7,18-19,22-26,28,30-34,36-41H,8-9H2,1H3/t18-,19-,22-,23-,24+,25+,26-,28-,30+,31-/m1/s1. The molecule has 6 rings (SSSR count). The topological polar surface area (TPSA) is 298 Å². The fourth-order valence-corrected chi connectivity index (χ4v) is 5.59. The molecule has 0 aliphatic carbocycles. The summed E-state index contributed by atoms with van der Waals surface area (Å²) in [7, 11) is 1.26. The van der Waals surface area contributed by atoms with Gasteiger partial charge in [0, 0.05) is 24.3 Å². The number of phenolic OH excluding ortho intramolecular Hbond substituents is 1. The van der Waals surface area contributed by atoms with Crippen LogP contribution in [0, 0.1) is 0 Å². The lowest BCUT2D eigenvalue weighted by Crippen LogP contribution is -2.65. The lowest BCUT2D eigenvalue weighted by Gasteiger charge is -2.45. The van der Waals surface area contributed by atoms with Crippen LogP contribution in [0.2, 0.25) is 0 Å². The van der Waals surface area contributed by atoms with Gasteiger partial charge in [-0.05, 0) is 12.1 Å². The van der Waals surface area contributed by atoms with Gasteiger partial charge in [0.1, 0.15) is 65.4 Å². The number of hydrogen-bond acceptors (Lipinski definition) is 19. The summed E-state index contributed by atoms with van der Waals surface area (Å²) in [4.78, 5) is 25.0. The normalized spacial score (nSPS) is 30.0. The SMILES string of the molecule is COc1cc2c(O)c(Oc3cc(O[C@@H]4O[C@H](CO)[C@@H](O)[C@H](O)[C@H]4O[C@@H]4O[C@H](CO)[C@@H](O)[C@H](O)[C@H]4O)c4ccc(=O)oc4c3)c(=O)oc2cc1O. The van der Waals surface area contributed by atoms with E-state index in [2.05, 4.69) is 0 Å². The number of aliphatic hydroxyl groups excluding tert-OH is 7. The summed E-state index contributed by atoms with van der Waals surface area (Å²) >= 11 is 0. The van der Waals surface area contributed by atoms with Gasteiger partial charge >= 0.3 is 11.3 Å². The Morgan fingerprint density at radius 1 is 0.720 bits per heavy atom. The minimum atomic E-state index is -1.93. The van der Waals surface area contributed by atoms with Crippen LogP contribution in [0.1, 0.15) is 0 Å². The van der Waals surface area contributed by atoms with Crippen molar-refractivity contribution < 1.29 is 83.2 Å². The number of fused-ring (bicyclic) bond motifs is 2. The first-order valence-electron chi connectivity index (χ1n) is 14.9. The van der Waals surface area contributed by atoms with Gasteiger partial charge in [-0.1, -0.05) is 0 Å². The van der Waals surface area contributed by atoms with Crippen molar-refractivity contribution in [3.05, 3.63) is 57.2 Å². The Kier molecular flexibility index (Phi) is 9.88. The number of phenols is 1. The maximum atomic E-state index is 12.9. The molecular weight excluding hydrogens is 676 g/mol. The highest BCUT2D eigenvalue weighted by Gasteiger charge is 2.51. The fourth-order valence-electron chi connectivity index (χ4n) is 5.59. The lowest BCUT2D eigenvalue weighted by molar-refractivity contribution is -0.357. The Bertz CT molecular complexity index is 1970. The first-order valence-corrected chi connectivity index (χ1v) is 14.9. The highest BCUT2D eigenvalue weighted by Crippen LogP contribution is 2.41. The van der Waals surface area contributed by atoms with Crippen molar-refractivity contribution in [3.8, 4) is 34.5 Å². The summed E-state index contributed by atoms with van der Waals surface area (Å²) in [6, 6.07) is 6.89. The fraction of sp³-hybridized carbons (Fsp3) is 0.419. The number of hydrogen-bond donors (Lipinski definition) is 9. The molecule has 19 heteroatoms. The van der Waals surface area contributed by atoms with E-state index in [1.165, 1.54) is 25.3 Å². The van der Waals surface area contributed by atoms with Crippen LogP contribution in [0.25, 0.3) is 21.9 Å². The van der Waals surface area contributed by atoms with Gasteiger partial charge in [-0.2, -0.15) is 0 Å². The van der Waals surface area contributed by atoms with E-state index >= 15 is 0 Å². The second kappa shape index (κ2) is 14.0. The zero-order valence-electron chi connectivity index (χ0n) is 25.8. The summed E-state index contributed by atoms with van der Waals surface area (Å²) in [5, 5.41) is 93.0. The molecule has 2 aromatic heterocycles. The van der Waals surface area contributed by atoms with Crippen LogP contribution in [-0.2, 0) is 14.2 Å². The molecular formula is C31H32O19. The van der Waals surface area contributed by atoms with E-state index < -0.39 is 97.4 Å². The molecule has 2 fully saturated rings. The number of methoxy groups -OCH3 is 1. The number of benzene rings is 2. The van der Waals surface area contributed by atoms with Crippen molar-refractivity contribution in [2.45, 2.75) is 61.4 Å². The quantitative estimate of drug-likeness (QED) is 0.0859. The third-order valence-electron chi connectivity index (χ3n) is 8.24. The summed E-state index contributed by atoms with van der Waals surface area (Å²) in [5.74, 6) is -2.38. The Balaban J connectivity index is 1.39. The maximum Gasteiger partial charge on any atom is 0.383 e. The van der Waals surface area contributed by atoms with Gasteiger partial charge < -0.3 is 83.2 Å². The molecule has 19 nitrogen and oxygen atoms in total. The van der Waals surface area contributed by atoms with Crippen LogP contribution in [0.5, 0.6) is 34.5 Å². The van der Waals surface area contributed by atoms with Gasteiger partial charge in [0.2, 0.25) is 6.29 Å². The third kappa shape index (κ3) is 6.42. The molecule has 10 atom stereocenters. The molecule has 4 heterocycles. The first-order chi connectivity index (χ1) is 23.8. The molecule has 2 saturated heterocycles. The van der Waals surface area contributed by atoms with E-state index in [9.17, 15) is 55.5 Å². The smallest absolute Gasteiger partial charge is 0.383 e. The molecule has 0 saturated carbocycles. The monoisotopic (exact) mass is 708 g/mol. The predicted octanol–water partition coefficient (Wildman–Crippen LogP) is -1.89. The molecule has 270 valence electrons. The maximum absolute atomic E-state index is 12.9. The van der Waals surface area contributed by atoms with E-state index in [1.807, 2.05) is 0 Å². The molecule has 0 radical (unpaired) electrons. The molecule has 0 unspecified atom stereocenters. The zero-order chi connectivity index (χ0) is 36.0. The minimum absolute atomic E-state index is 0.0581. The first kappa shape index (κ1) is 35.3. The second-order valence-electron chi connectivity index (χ2n) is 11.4. The van der Waals surface area contributed by atoms with Crippen molar-refractivity contribution in [2.75, 3.05) is 20.3 Å². The van der Waals surface area contributed by atoms with Crippen LogP contribution >= 0.6 is 0 Å². The highest BCUT2D eigenvalue weighted by atomic mass is 16.8. The molecule has 9 N–H and O–H groups in total. The largest absolute Gasteiger partial charge is 0.504 e. The second-order valence-corrected chi connectivity index (χ2v) is 11.4. The van der Waals surface area contributed by atoms with Gasteiger partial charge in [0.15, 0.2) is 29.6 Å². The number of aromatic hydroxyl groups is 2. The predicted molar refractivity (Wildman–Crippen MR) is 162 cm³/mol. The van der Waals surface area contributed by atoms with E-state index in [0.717, 1.165) is 18.2 Å². The van der Waals surface area contributed by atoms with Crippen LogP contribution in [0.4, 0.5) is 0 Å². The van der Waals surface area contributed by atoms with Crippen LogP contribution in [0.15, 0.2) is 54.8 Å². The minimum Gasteiger partial charge on any atom is -0.504 e. The average Bonchev–Trinajstić information content (AvgIpc) is 3.09. The Morgan fingerprint density at radius 3 is 2.06 bits per heavy atom. The van der Waals surface area contributed by atoms with Gasteiger partial charge in [-0.25, -0.2) is 9.59 Å². The third-order valence-corrected chi connectivity index (χ3v) is 8.24. The number of rotatable bonds is 9. The molecule has 2 aromatic carbocycles. The van der Waals surface area contributed by atoms with Crippen LogP contribution in [0.3, 0.4) is 0 Å². The summed E-state index contributed by atoms with van der Waals surface area (Å²) in [6.07, 6.45) is -17.4. The summed E-state index contributed by atoms with van der Waals surface area (Å²) in [5.41, 5.74) is -2.37. The van der Waals surface area contributed by atoms with Gasteiger partial charge in [0.25, 0.3) is 5.75 Å². The molecule has 4 aromatic rings. The van der Waals surface area contributed by atoms with E-state index in [4.69, 9.17) is 37.3 Å². The Morgan fingerprint density at radius 2 is 1.38 bits per heavy atom. The van der Waals surface area contributed by atoms with Gasteiger partial charge in [-0.3, -0.25) is 0 Å². The molecule has 0 bridgehead atoms.